The molecule has 0 saturated carbocycles. The molecule has 0 spiro atoms. The summed E-state index contributed by atoms with van der Waals surface area (Å²) in [5, 5.41) is 0. The maximum Gasteiger partial charge on any atom is 0.257 e. The summed E-state index contributed by atoms with van der Waals surface area (Å²) in [6, 6.07) is 0. The second kappa shape index (κ2) is 6.93. The molecule has 0 bridgehead atoms. The molecule has 1 atom stereocenters. The van der Waals surface area contributed by atoms with E-state index in [0.717, 1.165) is 0 Å². The van der Waals surface area contributed by atoms with Crippen LogP contribution >= 0.6 is 0 Å². The molecular weight excluding hydrogens is 326 g/mol. The molecule has 2 saturated heterocycles. The molecule has 1 aromatic rings. The molecule has 0 aliphatic carbocycles. The van der Waals surface area contributed by atoms with Crippen LogP contribution in [0.4, 0.5) is 5.95 Å². The van der Waals surface area contributed by atoms with Gasteiger partial charge in [0, 0.05) is 25.8 Å². The summed E-state index contributed by atoms with van der Waals surface area (Å²) in [4.78, 5) is 37.0. The van der Waals surface area contributed by atoms with E-state index >= 15 is 0 Å². The lowest BCUT2D eigenvalue weighted by atomic mass is 10.0. The SMILES string of the molecule is Cc1nc(N)ncc1C(=O)N1CCOC(C)(C(=O)N2CCOCC2)C1. The largest absolute Gasteiger partial charge is 0.378 e. The molecule has 9 nitrogen and oxygen atoms in total. The van der Waals surface area contributed by atoms with Gasteiger partial charge in [0.15, 0.2) is 5.60 Å². The molecule has 2 N–H and O–H groups in total. The topological polar surface area (TPSA) is 111 Å². The van der Waals surface area contributed by atoms with Crippen LogP contribution in [0.2, 0.25) is 0 Å². The molecule has 0 radical (unpaired) electrons. The average molecular weight is 349 g/mol. The van der Waals surface area contributed by atoms with Gasteiger partial charge in [-0.3, -0.25) is 9.59 Å². The molecule has 1 unspecified atom stereocenters. The van der Waals surface area contributed by atoms with Gasteiger partial charge < -0.3 is 25.0 Å². The summed E-state index contributed by atoms with van der Waals surface area (Å²) in [6.45, 7) is 6.46. The van der Waals surface area contributed by atoms with Crippen molar-refractivity contribution >= 4 is 17.8 Å². The minimum atomic E-state index is -1.06. The molecule has 25 heavy (non-hydrogen) atoms. The number of rotatable bonds is 2. The smallest absolute Gasteiger partial charge is 0.257 e. The molecule has 1 aromatic heterocycles. The van der Waals surface area contributed by atoms with Crippen molar-refractivity contribution in [2.45, 2.75) is 19.4 Å². The number of anilines is 1. The molecular formula is C16H23N5O4. The number of carbonyl (C=O) groups excluding carboxylic acids is 2. The van der Waals surface area contributed by atoms with E-state index in [1.807, 2.05) is 0 Å². The minimum absolute atomic E-state index is 0.112. The van der Waals surface area contributed by atoms with E-state index in [1.165, 1.54) is 6.20 Å². The quantitative estimate of drug-likeness (QED) is 0.763. The number of ether oxygens (including phenoxy) is 2. The molecule has 136 valence electrons. The van der Waals surface area contributed by atoms with E-state index in [4.69, 9.17) is 15.2 Å². The van der Waals surface area contributed by atoms with Gasteiger partial charge in [-0.05, 0) is 13.8 Å². The highest BCUT2D eigenvalue weighted by Crippen LogP contribution is 2.23. The Morgan fingerprint density at radius 2 is 1.88 bits per heavy atom. The first-order chi connectivity index (χ1) is 11.9. The maximum absolute atomic E-state index is 12.9. The Hall–Kier alpha value is -2.26. The van der Waals surface area contributed by atoms with Gasteiger partial charge in [-0.25, -0.2) is 9.97 Å². The van der Waals surface area contributed by atoms with Gasteiger partial charge in [0.1, 0.15) is 0 Å². The highest BCUT2D eigenvalue weighted by atomic mass is 16.5. The molecule has 9 heteroatoms. The monoisotopic (exact) mass is 349 g/mol. The highest BCUT2D eigenvalue weighted by molar-refractivity contribution is 5.96. The van der Waals surface area contributed by atoms with E-state index in [-0.39, 0.29) is 24.3 Å². The molecule has 3 rings (SSSR count). The summed E-state index contributed by atoms with van der Waals surface area (Å²) in [6.07, 6.45) is 1.43. The Labute approximate surface area is 146 Å². The van der Waals surface area contributed by atoms with Crippen molar-refractivity contribution in [3.05, 3.63) is 17.5 Å². The number of hydrogen-bond donors (Lipinski definition) is 1. The van der Waals surface area contributed by atoms with E-state index in [9.17, 15) is 9.59 Å². The summed E-state index contributed by atoms with van der Waals surface area (Å²) in [5.74, 6) is -0.205. The van der Waals surface area contributed by atoms with E-state index in [1.54, 1.807) is 23.6 Å². The van der Waals surface area contributed by atoms with Crippen molar-refractivity contribution in [2.24, 2.45) is 0 Å². The Kier molecular flexibility index (Phi) is 4.87. The second-order valence-electron chi connectivity index (χ2n) is 6.44. The first-order valence-corrected chi connectivity index (χ1v) is 8.30. The lowest BCUT2D eigenvalue weighted by Gasteiger charge is -2.42. The number of morpholine rings is 2. The minimum Gasteiger partial charge on any atom is -0.378 e. The Balaban J connectivity index is 1.75. The van der Waals surface area contributed by atoms with Crippen molar-refractivity contribution in [3.63, 3.8) is 0 Å². The molecule has 2 fully saturated rings. The highest BCUT2D eigenvalue weighted by Gasteiger charge is 2.43. The first kappa shape index (κ1) is 17.6. The van der Waals surface area contributed by atoms with Gasteiger partial charge >= 0.3 is 0 Å². The fourth-order valence-corrected chi connectivity index (χ4v) is 3.14. The lowest BCUT2D eigenvalue weighted by molar-refractivity contribution is -0.168. The molecule has 2 aliphatic heterocycles. The second-order valence-corrected chi connectivity index (χ2v) is 6.44. The molecule has 3 heterocycles. The van der Waals surface area contributed by atoms with Gasteiger partial charge in [0.25, 0.3) is 11.8 Å². The average Bonchev–Trinajstić information content (AvgIpc) is 2.61. The molecule has 2 amide bonds. The van der Waals surface area contributed by atoms with E-state index in [0.29, 0.717) is 50.7 Å². The van der Waals surface area contributed by atoms with Gasteiger partial charge in [-0.2, -0.15) is 0 Å². The van der Waals surface area contributed by atoms with Gasteiger partial charge in [0.05, 0.1) is 37.6 Å². The summed E-state index contributed by atoms with van der Waals surface area (Å²) >= 11 is 0. The van der Waals surface area contributed by atoms with Crippen molar-refractivity contribution in [1.29, 1.82) is 0 Å². The lowest BCUT2D eigenvalue weighted by Crippen LogP contribution is -2.61. The van der Waals surface area contributed by atoms with Gasteiger partial charge in [-0.15, -0.1) is 0 Å². The van der Waals surface area contributed by atoms with Crippen LogP contribution < -0.4 is 5.73 Å². The van der Waals surface area contributed by atoms with E-state index < -0.39 is 5.60 Å². The predicted octanol–water partition coefficient (Wildman–Crippen LogP) is -0.543. The van der Waals surface area contributed by atoms with Crippen molar-refractivity contribution in [2.75, 3.05) is 51.7 Å². The number of nitrogens with two attached hydrogens (primary N) is 1. The van der Waals surface area contributed by atoms with Crippen molar-refractivity contribution < 1.29 is 19.1 Å². The normalized spacial score (nSPS) is 24.2. The van der Waals surface area contributed by atoms with E-state index in [2.05, 4.69) is 9.97 Å². The standard InChI is InChI=1S/C16H23N5O4/c1-11-12(9-18-15(17)19-11)13(22)21-5-8-25-16(2,10-21)14(23)20-3-6-24-7-4-20/h9H,3-8,10H2,1-2H3,(H2,17,18,19). The van der Waals surface area contributed by atoms with Crippen LogP contribution in [0.3, 0.4) is 0 Å². The first-order valence-electron chi connectivity index (χ1n) is 8.30. The van der Waals surface area contributed by atoms with Crippen LogP contribution in [-0.2, 0) is 14.3 Å². The number of carbonyl (C=O) groups is 2. The predicted molar refractivity (Wildman–Crippen MR) is 88.8 cm³/mol. The van der Waals surface area contributed by atoms with Crippen LogP contribution in [0, 0.1) is 6.92 Å². The van der Waals surface area contributed by atoms with Crippen LogP contribution in [0.15, 0.2) is 6.20 Å². The van der Waals surface area contributed by atoms with Crippen LogP contribution in [-0.4, -0.2) is 83.2 Å². The number of nitrogen functional groups attached to an aromatic ring is 1. The third-order valence-electron chi connectivity index (χ3n) is 4.54. The number of hydrogen-bond acceptors (Lipinski definition) is 7. The third kappa shape index (κ3) is 3.57. The van der Waals surface area contributed by atoms with Crippen LogP contribution in [0.5, 0.6) is 0 Å². The van der Waals surface area contributed by atoms with Crippen molar-refractivity contribution in [3.8, 4) is 0 Å². The zero-order chi connectivity index (χ0) is 18.0. The number of nitrogens with zero attached hydrogens (tertiary/aromatic N) is 4. The zero-order valence-electron chi connectivity index (χ0n) is 14.5. The van der Waals surface area contributed by atoms with Gasteiger partial charge in [-0.1, -0.05) is 0 Å². The maximum atomic E-state index is 12.9. The molecule has 2 aliphatic rings. The number of amides is 2. The third-order valence-corrected chi connectivity index (χ3v) is 4.54. The fraction of sp³-hybridized carbons (Fsp3) is 0.625. The molecule has 0 aromatic carbocycles. The Morgan fingerprint density at radius 1 is 1.20 bits per heavy atom. The number of aromatic nitrogens is 2. The van der Waals surface area contributed by atoms with Crippen molar-refractivity contribution in [1.82, 2.24) is 19.8 Å². The fourth-order valence-electron chi connectivity index (χ4n) is 3.14. The Morgan fingerprint density at radius 3 is 2.56 bits per heavy atom. The van der Waals surface area contributed by atoms with Crippen LogP contribution in [0.1, 0.15) is 23.0 Å². The summed E-state index contributed by atoms with van der Waals surface area (Å²) in [7, 11) is 0. The zero-order valence-corrected chi connectivity index (χ0v) is 14.5. The summed E-state index contributed by atoms with van der Waals surface area (Å²) < 4.78 is 11.1. The number of aryl methyl sites for hydroxylation is 1. The van der Waals surface area contributed by atoms with Crippen LogP contribution in [0.25, 0.3) is 0 Å². The Bertz CT molecular complexity index is 676. The van der Waals surface area contributed by atoms with Gasteiger partial charge in [0.2, 0.25) is 5.95 Å². The summed E-state index contributed by atoms with van der Waals surface area (Å²) in [5.41, 5.74) is 5.39.